The Balaban J connectivity index is 1.79. The average Bonchev–Trinajstić information content (AvgIpc) is 2.68. The molecule has 0 fully saturated rings. The van der Waals surface area contributed by atoms with Crippen LogP contribution in [0.15, 0.2) is 54.6 Å². The van der Waals surface area contributed by atoms with Gasteiger partial charge in [0.1, 0.15) is 5.82 Å². The summed E-state index contributed by atoms with van der Waals surface area (Å²) in [5.74, 6) is -0.213. The van der Waals surface area contributed by atoms with Crippen molar-refractivity contribution in [1.82, 2.24) is 9.97 Å². The van der Waals surface area contributed by atoms with E-state index in [-0.39, 0.29) is 29.5 Å². The van der Waals surface area contributed by atoms with Gasteiger partial charge in [-0.1, -0.05) is 35.4 Å². The quantitative estimate of drug-likeness (QED) is 0.710. The number of methoxy groups -OCH3 is 1. The van der Waals surface area contributed by atoms with Gasteiger partial charge in [0.05, 0.1) is 7.11 Å². The predicted molar refractivity (Wildman–Crippen MR) is 107 cm³/mol. The summed E-state index contributed by atoms with van der Waals surface area (Å²) in [5.41, 5.74) is 3.08. The zero-order valence-electron chi connectivity index (χ0n) is 15.8. The van der Waals surface area contributed by atoms with E-state index in [0.717, 1.165) is 11.1 Å². The fourth-order valence-corrected chi connectivity index (χ4v) is 2.42. The second kappa shape index (κ2) is 8.30. The zero-order chi connectivity index (χ0) is 20.1. The monoisotopic (exact) mass is 376 g/mol. The molecule has 0 aliphatic heterocycles. The van der Waals surface area contributed by atoms with E-state index in [4.69, 9.17) is 4.74 Å². The Hall–Kier alpha value is -3.74. The number of nitrogens with zero attached hydrogens (tertiary/aromatic N) is 2. The van der Waals surface area contributed by atoms with Crippen molar-refractivity contribution in [3.63, 3.8) is 0 Å². The number of hydrogen-bond acceptors (Lipinski definition) is 5. The van der Waals surface area contributed by atoms with Crippen LogP contribution in [0.4, 0.5) is 11.8 Å². The Labute approximate surface area is 162 Å². The van der Waals surface area contributed by atoms with E-state index in [2.05, 4.69) is 20.6 Å². The van der Waals surface area contributed by atoms with E-state index >= 15 is 0 Å². The zero-order valence-corrected chi connectivity index (χ0v) is 15.8. The molecule has 3 rings (SSSR count). The topological polar surface area (TPSA) is 93.2 Å². The smallest absolute Gasteiger partial charge is 0.258 e. The molecule has 3 aromatic rings. The lowest BCUT2D eigenvalue weighted by molar-refractivity contribution is 0.101. The molecule has 0 aliphatic carbocycles. The fourth-order valence-electron chi connectivity index (χ4n) is 2.42. The summed E-state index contributed by atoms with van der Waals surface area (Å²) in [6.45, 7) is 3.88. The van der Waals surface area contributed by atoms with Crippen LogP contribution in [0.1, 0.15) is 31.8 Å². The number of aryl methyl sites for hydroxylation is 2. The Kier molecular flexibility index (Phi) is 5.64. The molecule has 2 amide bonds. The minimum absolute atomic E-state index is 0.0316. The molecule has 1 heterocycles. The van der Waals surface area contributed by atoms with Gasteiger partial charge in [0.25, 0.3) is 11.8 Å². The molecular formula is C21H20N4O3. The first-order valence-electron chi connectivity index (χ1n) is 8.64. The Morgan fingerprint density at radius 2 is 1.29 bits per heavy atom. The fraction of sp³-hybridized carbons (Fsp3) is 0.143. The van der Waals surface area contributed by atoms with Crippen LogP contribution in [0.2, 0.25) is 0 Å². The van der Waals surface area contributed by atoms with Crippen molar-refractivity contribution in [3.05, 3.63) is 76.9 Å². The molecule has 0 aliphatic rings. The number of benzene rings is 2. The van der Waals surface area contributed by atoms with Crippen LogP contribution in [0.5, 0.6) is 5.88 Å². The van der Waals surface area contributed by atoms with Crippen LogP contribution in [0.25, 0.3) is 0 Å². The third kappa shape index (κ3) is 4.70. The summed E-state index contributed by atoms with van der Waals surface area (Å²) in [6.07, 6.45) is 0. The van der Waals surface area contributed by atoms with Gasteiger partial charge in [0.2, 0.25) is 11.8 Å². The summed E-state index contributed by atoms with van der Waals surface area (Å²) < 4.78 is 5.15. The van der Waals surface area contributed by atoms with Crippen molar-refractivity contribution in [2.45, 2.75) is 13.8 Å². The first-order valence-corrected chi connectivity index (χ1v) is 8.64. The number of carbonyl (C=O) groups excluding carboxylic acids is 2. The molecule has 7 nitrogen and oxygen atoms in total. The van der Waals surface area contributed by atoms with Crippen LogP contribution in [0.3, 0.4) is 0 Å². The second-order valence-corrected chi connectivity index (χ2v) is 6.26. The summed E-state index contributed by atoms with van der Waals surface area (Å²) in [7, 11) is 1.44. The highest BCUT2D eigenvalue weighted by atomic mass is 16.5. The Morgan fingerprint density at radius 1 is 0.786 bits per heavy atom. The van der Waals surface area contributed by atoms with Crippen molar-refractivity contribution in [1.29, 1.82) is 0 Å². The maximum atomic E-state index is 12.4. The lowest BCUT2D eigenvalue weighted by Crippen LogP contribution is -2.17. The maximum absolute atomic E-state index is 12.4. The highest BCUT2D eigenvalue weighted by Gasteiger charge is 2.13. The molecule has 0 spiro atoms. The highest BCUT2D eigenvalue weighted by molar-refractivity contribution is 6.05. The molecule has 0 radical (unpaired) electrons. The van der Waals surface area contributed by atoms with E-state index in [1.807, 2.05) is 38.1 Å². The number of carbonyl (C=O) groups is 2. The molecule has 0 saturated heterocycles. The molecule has 142 valence electrons. The third-order valence-corrected chi connectivity index (χ3v) is 4.01. The van der Waals surface area contributed by atoms with Crippen LogP contribution < -0.4 is 15.4 Å². The van der Waals surface area contributed by atoms with Crippen LogP contribution >= 0.6 is 0 Å². The van der Waals surface area contributed by atoms with E-state index < -0.39 is 0 Å². The molecule has 0 saturated carbocycles. The number of ether oxygens (including phenoxy) is 1. The van der Waals surface area contributed by atoms with Crippen LogP contribution in [0, 0.1) is 13.8 Å². The van der Waals surface area contributed by atoms with Gasteiger partial charge < -0.3 is 10.1 Å². The van der Waals surface area contributed by atoms with Crippen molar-refractivity contribution in [2.24, 2.45) is 0 Å². The number of nitrogens with one attached hydrogen (secondary N) is 2. The molecule has 1 aromatic heterocycles. The van der Waals surface area contributed by atoms with E-state index in [1.54, 1.807) is 24.3 Å². The largest absolute Gasteiger partial charge is 0.481 e. The number of hydrogen-bond donors (Lipinski definition) is 2. The summed E-state index contributed by atoms with van der Waals surface area (Å²) in [6, 6.07) is 15.7. The van der Waals surface area contributed by atoms with Crippen LogP contribution in [-0.4, -0.2) is 28.9 Å². The first kappa shape index (κ1) is 19.0. The van der Waals surface area contributed by atoms with Crippen molar-refractivity contribution in [3.8, 4) is 5.88 Å². The van der Waals surface area contributed by atoms with Crippen LogP contribution in [-0.2, 0) is 0 Å². The van der Waals surface area contributed by atoms with Gasteiger partial charge in [-0.2, -0.15) is 9.97 Å². The van der Waals surface area contributed by atoms with Gasteiger partial charge in [0.15, 0.2) is 0 Å². The van der Waals surface area contributed by atoms with Crippen molar-refractivity contribution < 1.29 is 14.3 Å². The summed E-state index contributed by atoms with van der Waals surface area (Å²) >= 11 is 0. The summed E-state index contributed by atoms with van der Waals surface area (Å²) in [4.78, 5) is 33.1. The van der Waals surface area contributed by atoms with E-state index in [1.165, 1.54) is 13.2 Å². The maximum Gasteiger partial charge on any atom is 0.258 e. The molecule has 28 heavy (non-hydrogen) atoms. The molecule has 0 bridgehead atoms. The van der Waals surface area contributed by atoms with Crippen molar-refractivity contribution in [2.75, 3.05) is 17.7 Å². The van der Waals surface area contributed by atoms with Gasteiger partial charge in [-0.25, -0.2) is 0 Å². The Morgan fingerprint density at radius 3 is 1.79 bits per heavy atom. The SMILES string of the molecule is COc1cc(NC(=O)c2ccc(C)cc2)nc(NC(=O)c2ccc(C)cc2)n1. The molecule has 2 N–H and O–H groups in total. The number of anilines is 2. The average molecular weight is 376 g/mol. The third-order valence-electron chi connectivity index (χ3n) is 4.01. The lowest BCUT2D eigenvalue weighted by Gasteiger charge is -2.10. The van der Waals surface area contributed by atoms with Gasteiger partial charge in [-0.3, -0.25) is 14.9 Å². The van der Waals surface area contributed by atoms with Gasteiger partial charge in [-0.15, -0.1) is 0 Å². The molecule has 7 heteroatoms. The predicted octanol–water partition coefficient (Wildman–Crippen LogP) is 3.61. The minimum Gasteiger partial charge on any atom is -0.481 e. The highest BCUT2D eigenvalue weighted by Crippen LogP contribution is 2.18. The first-order chi connectivity index (χ1) is 13.4. The molecule has 2 aromatic carbocycles. The normalized spacial score (nSPS) is 10.2. The minimum atomic E-state index is -0.357. The molecule has 0 unspecified atom stereocenters. The van der Waals surface area contributed by atoms with Gasteiger partial charge >= 0.3 is 0 Å². The van der Waals surface area contributed by atoms with Crippen molar-refractivity contribution >= 4 is 23.6 Å². The van der Waals surface area contributed by atoms with Gasteiger partial charge in [-0.05, 0) is 38.1 Å². The molecular weight excluding hydrogens is 356 g/mol. The second-order valence-electron chi connectivity index (χ2n) is 6.26. The summed E-state index contributed by atoms with van der Waals surface area (Å²) in [5, 5.41) is 5.31. The Bertz CT molecular complexity index is 921. The van der Waals surface area contributed by atoms with Gasteiger partial charge in [0, 0.05) is 17.2 Å². The van der Waals surface area contributed by atoms with E-state index in [9.17, 15) is 9.59 Å². The van der Waals surface area contributed by atoms with E-state index in [0.29, 0.717) is 11.1 Å². The number of amides is 2. The molecule has 0 atom stereocenters. The lowest BCUT2D eigenvalue weighted by atomic mass is 10.1. The number of rotatable bonds is 5. The standard InChI is InChI=1S/C21H20N4O3/c1-13-4-8-15(9-5-13)19(26)22-17-12-18(28-3)24-21(23-17)25-20(27)16-10-6-14(2)7-11-16/h4-12H,1-3H3,(H2,22,23,24,25,26,27). The number of aromatic nitrogens is 2.